The summed E-state index contributed by atoms with van der Waals surface area (Å²) in [6.45, 7) is 0.726. The molecule has 0 aromatic heterocycles. The zero-order valence-electron chi connectivity index (χ0n) is 7.88. The van der Waals surface area contributed by atoms with E-state index < -0.39 is 0 Å². The van der Waals surface area contributed by atoms with Gasteiger partial charge in [0.15, 0.2) is 0 Å². The summed E-state index contributed by atoms with van der Waals surface area (Å²) >= 11 is 0. The highest BCUT2D eigenvalue weighted by Crippen LogP contribution is 2.22. The second kappa shape index (κ2) is 6.01. The molecule has 0 aliphatic heterocycles. The van der Waals surface area contributed by atoms with Crippen LogP contribution in [0.5, 0.6) is 0 Å². The second-order valence-corrected chi connectivity index (χ2v) is 3.27. The van der Waals surface area contributed by atoms with Crippen LogP contribution in [0.25, 0.3) is 0 Å². The number of allylic oxidation sites excluding steroid dienone is 3. The second-order valence-electron chi connectivity index (χ2n) is 3.27. The first-order chi connectivity index (χ1) is 5.93. The molecule has 0 heterocycles. The summed E-state index contributed by atoms with van der Waals surface area (Å²) < 4.78 is 4.92. The molecule has 0 aromatic carbocycles. The lowest BCUT2D eigenvalue weighted by molar-refractivity contribution is 0.234. The van der Waals surface area contributed by atoms with E-state index in [2.05, 4.69) is 18.2 Å². The van der Waals surface area contributed by atoms with E-state index >= 15 is 0 Å². The molecule has 0 N–H and O–H groups in total. The minimum Gasteiger partial charge on any atom is -0.381 e. The lowest BCUT2D eigenvalue weighted by atomic mass is 9.95. The fraction of sp³-hybridized carbons (Fsp3) is 0.636. The Labute approximate surface area is 75.1 Å². The Balaban J connectivity index is 2.24. The van der Waals surface area contributed by atoms with Crippen molar-refractivity contribution in [3.05, 3.63) is 23.8 Å². The highest BCUT2D eigenvalue weighted by molar-refractivity contribution is 5.13. The predicted molar refractivity (Wildman–Crippen MR) is 52.2 cm³/mol. The van der Waals surface area contributed by atoms with Crippen LogP contribution < -0.4 is 0 Å². The number of hydrogen-bond acceptors (Lipinski definition) is 1. The standard InChI is InChI=1S/C11H18O/c1-12-10-6-5-9-11-7-3-2-4-8-11/h5-6,9H,2-4,7-8,10H2,1H3/b6-5+. The van der Waals surface area contributed by atoms with Crippen molar-refractivity contribution in [1.82, 2.24) is 0 Å². The molecule has 1 aliphatic rings. The maximum atomic E-state index is 4.92. The molecule has 0 unspecified atom stereocenters. The van der Waals surface area contributed by atoms with Gasteiger partial charge in [0.05, 0.1) is 6.61 Å². The van der Waals surface area contributed by atoms with Gasteiger partial charge in [-0.3, -0.25) is 0 Å². The molecule has 0 spiro atoms. The molecule has 68 valence electrons. The molecule has 1 heteroatoms. The van der Waals surface area contributed by atoms with Gasteiger partial charge in [0.1, 0.15) is 0 Å². The van der Waals surface area contributed by atoms with Gasteiger partial charge in [-0.25, -0.2) is 0 Å². The SMILES string of the molecule is COC/C=C/C=C1CCCCC1. The van der Waals surface area contributed by atoms with E-state index in [1.165, 1.54) is 32.1 Å². The Kier molecular flexibility index (Phi) is 4.77. The normalized spacial score (nSPS) is 18.6. The summed E-state index contributed by atoms with van der Waals surface area (Å²) in [5, 5.41) is 0. The van der Waals surface area contributed by atoms with Crippen LogP contribution >= 0.6 is 0 Å². The van der Waals surface area contributed by atoms with Crippen LogP contribution in [0.2, 0.25) is 0 Å². The maximum absolute atomic E-state index is 4.92. The fourth-order valence-electron chi connectivity index (χ4n) is 1.53. The summed E-state index contributed by atoms with van der Waals surface area (Å²) in [5.74, 6) is 0. The first-order valence-corrected chi connectivity index (χ1v) is 4.77. The van der Waals surface area contributed by atoms with Crippen LogP contribution in [0.1, 0.15) is 32.1 Å². The van der Waals surface area contributed by atoms with Crippen LogP contribution in [0.15, 0.2) is 23.8 Å². The van der Waals surface area contributed by atoms with Gasteiger partial charge in [0.2, 0.25) is 0 Å². The molecule has 1 rings (SSSR count). The predicted octanol–water partition coefficient (Wildman–Crippen LogP) is 3.08. The average Bonchev–Trinajstić information content (AvgIpc) is 2.14. The number of methoxy groups -OCH3 is 1. The van der Waals surface area contributed by atoms with Crippen molar-refractivity contribution >= 4 is 0 Å². The number of hydrogen-bond donors (Lipinski definition) is 0. The average molecular weight is 166 g/mol. The molecular weight excluding hydrogens is 148 g/mol. The monoisotopic (exact) mass is 166 g/mol. The highest BCUT2D eigenvalue weighted by atomic mass is 16.5. The lowest BCUT2D eigenvalue weighted by Gasteiger charge is -2.12. The van der Waals surface area contributed by atoms with Crippen LogP contribution in [-0.2, 0) is 4.74 Å². The third-order valence-corrected chi connectivity index (χ3v) is 2.23. The third-order valence-electron chi connectivity index (χ3n) is 2.23. The molecule has 1 aliphatic carbocycles. The first kappa shape index (κ1) is 9.53. The van der Waals surface area contributed by atoms with Crippen molar-refractivity contribution < 1.29 is 4.74 Å². The molecule has 0 amide bonds. The van der Waals surface area contributed by atoms with E-state index in [9.17, 15) is 0 Å². The molecule has 1 nitrogen and oxygen atoms in total. The van der Waals surface area contributed by atoms with E-state index in [1.54, 1.807) is 12.7 Å². The van der Waals surface area contributed by atoms with Crippen molar-refractivity contribution in [2.24, 2.45) is 0 Å². The Morgan fingerprint density at radius 3 is 2.67 bits per heavy atom. The Bertz CT molecular complexity index is 160. The first-order valence-electron chi connectivity index (χ1n) is 4.77. The summed E-state index contributed by atoms with van der Waals surface area (Å²) in [6, 6.07) is 0. The molecular formula is C11H18O. The molecule has 1 fully saturated rings. The largest absolute Gasteiger partial charge is 0.381 e. The van der Waals surface area contributed by atoms with Gasteiger partial charge in [-0.2, -0.15) is 0 Å². The fourth-order valence-corrected chi connectivity index (χ4v) is 1.53. The van der Waals surface area contributed by atoms with Crippen molar-refractivity contribution in [1.29, 1.82) is 0 Å². The minimum absolute atomic E-state index is 0.726. The number of ether oxygens (including phenoxy) is 1. The van der Waals surface area contributed by atoms with E-state index in [0.717, 1.165) is 6.61 Å². The van der Waals surface area contributed by atoms with Crippen molar-refractivity contribution in [2.75, 3.05) is 13.7 Å². The topological polar surface area (TPSA) is 9.23 Å². The molecule has 0 atom stereocenters. The molecule has 1 saturated carbocycles. The van der Waals surface area contributed by atoms with E-state index in [-0.39, 0.29) is 0 Å². The lowest BCUT2D eigenvalue weighted by Crippen LogP contribution is -1.92. The van der Waals surface area contributed by atoms with Gasteiger partial charge in [-0.05, 0) is 25.7 Å². The van der Waals surface area contributed by atoms with Crippen molar-refractivity contribution in [3.63, 3.8) is 0 Å². The zero-order chi connectivity index (χ0) is 8.65. The Morgan fingerprint density at radius 2 is 2.00 bits per heavy atom. The van der Waals surface area contributed by atoms with Crippen molar-refractivity contribution in [3.8, 4) is 0 Å². The molecule has 0 radical (unpaired) electrons. The Hall–Kier alpha value is -0.560. The number of rotatable bonds is 3. The molecule has 12 heavy (non-hydrogen) atoms. The highest BCUT2D eigenvalue weighted by Gasteiger charge is 2.02. The molecule has 0 saturated heterocycles. The Morgan fingerprint density at radius 1 is 1.25 bits per heavy atom. The van der Waals surface area contributed by atoms with Gasteiger partial charge in [-0.1, -0.05) is 30.2 Å². The quantitative estimate of drug-likeness (QED) is 0.626. The maximum Gasteiger partial charge on any atom is 0.0646 e. The third kappa shape index (κ3) is 3.72. The van der Waals surface area contributed by atoms with Gasteiger partial charge in [0.25, 0.3) is 0 Å². The van der Waals surface area contributed by atoms with Gasteiger partial charge in [-0.15, -0.1) is 0 Å². The summed E-state index contributed by atoms with van der Waals surface area (Å²) in [7, 11) is 1.72. The smallest absolute Gasteiger partial charge is 0.0646 e. The summed E-state index contributed by atoms with van der Waals surface area (Å²) in [4.78, 5) is 0. The molecule has 0 bridgehead atoms. The van der Waals surface area contributed by atoms with Crippen LogP contribution in [0, 0.1) is 0 Å². The van der Waals surface area contributed by atoms with Crippen LogP contribution in [0.4, 0.5) is 0 Å². The van der Waals surface area contributed by atoms with E-state index in [1.807, 2.05) is 0 Å². The minimum atomic E-state index is 0.726. The molecule has 0 aromatic rings. The van der Waals surface area contributed by atoms with Gasteiger partial charge in [0, 0.05) is 7.11 Å². The van der Waals surface area contributed by atoms with Gasteiger partial charge >= 0.3 is 0 Å². The van der Waals surface area contributed by atoms with Crippen molar-refractivity contribution in [2.45, 2.75) is 32.1 Å². The van der Waals surface area contributed by atoms with Crippen LogP contribution in [0.3, 0.4) is 0 Å². The van der Waals surface area contributed by atoms with Crippen LogP contribution in [-0.4, -0.2) is 13.7 Å². The van der Waals surface area contributed by atoms with Gasteiger partial charge < -0.3 is 4.74 Å². The summed E-state index contributed by atoms with van der Waals surface area (Å²) in [6.07, 6.45) is 13.2. The summed E-state index contributed by atoms with van der Waals surface area (Å²) in [5.41, 5.74) is 1.61. The van der Waals surface area contributed by atoms with E-state index in [0.29, 0.717) is 0 Å². The zero-order valence-corrected chi connectivity index (χ0v) is 7.88. The van der Waals surface area contributed by atoms with E-state index in [4.69, 9.17) is 4.74 Å².